The van der Waals surface area contributed by atoms with E-state index >= 15 is 0 Å². The number of anilines is 1. The minimum atomic E-state index is -4.16. The number of nitrogens with one attached hydrogen (secondary N) is 1. The third-order valence-corrected chi connectivity index (χ3v) is 10.7. The number of carbonyl (C=O) groups excluding carboxylic acids is 2. The Balaban J connectivity index is 1.53. The molecule has 0 aromatic heterocycles. The Morgan fingerprint density at radius 3 is 2.20 bits per heavy atom. The van der Waals surface area contributed by atoms with Gasteiger partial charge in [0.1, 0.15) is 5.60 Å². The highest BCUT2D eigenvalue weighted by molar-refractivity contribution is 7.92. The van der Waals surface area contributed by atoms with E-state index in [2.05, 4.69) is 5.32 Å². The van der Waals surface area contributed by atoms with Crippen LogP contribution in [0.15, 0.2) is 35.2 Å². The molecule has 0 heterocycles. The van der Waals surface area contributed by atoms with E-state index in [0.29, 0.717) is 25.0 Å². The fraction of sp³-hybridized carbons (Fsp3) is 0.481. The monoisotopic (exact) mass is 603 g/mol. The molecule has 5 unspecified atom stereocenters. The molecular formula is C27H29ClF3NO7S. The van der Waals surface area contributed by atoms with Crippen LogP contribution in [0.25, 0.3) is 0 Å². The molecule has 0 aliphatic heterocycles. The summed E-state index contributed by atoms with van der Waals surface area (Å²) in [6.07, 6.45) is -1.57. The number of aliphatic hydroxyl groups is 3. The van der Waals surface area contributed by atoms with Crippen LogP contribution < -0.4 is 5.32 Å². The Bertz CT molecular complexity index is 1400. The smallest absolute Gasteiger partial charge is 0.255 e. The van der Waals surface area contributed by atoms with Crippen molar-refractivity contribution in [1.82, 2.24) is 0 Å². The number of hydrogen-bond acceptors (Lipinski definition) is 7. The van der Waals surface area contributed by atoms with Gasteiger partial charge in [-0.2, -0.15) is 0 Å². The number of ketones is 1. The molecule has 2 fully saturated rings. The number of Topliss-reactive ketones (excluding diaryl/α,β-unsaturated/α-hetero) is 1. The third-order valence-electron chi connectivity index (χ3n) is 8.05. The Morgan fingerprint density at radius 2 is 1.65 bits per heavy atom. The van der Waals surface area contributed by atoms with Crippen LogP contribution in [0.4, 0.5) is 18.9 Å². The standard InChI is InChI=1S/C27H29ClF3NO7S/c1-13(33)22(34)6-7-24(35)27(37)15-3-4-16(27)10-18(9-15)40(38,39)23-8-14(2-5-19(23)28)26(36)32-17-11-20(29)25(31)21(30)12-17/h2,5,8,11-13,15-16,18,22,33-34,37H,3-4,6-7,9-10H2,1H3,(H,32,36)/t13?,15-,16?,18?,22?,27?/m0/s1. The van der Waals surface area contributed by atoms with Crippen molar-refractivity contribution in [2.45, 2.75) is 73.4 Å². The molecule has 13 heteroatoms. The molecule has 40 heavy (non-hydrogen) atoms. The normalized spacial score (nSPS) is 25.9. The van der Waals surface area contributed by atoms with Gasteiger partial charge in [-0.1, -0.05) is 11.6 Å². The summed E-state index contributed by atoms with van der Waals surface area (Å²) in [5.41, 5.74) is -2.31. The number of halogens is 4. The first-order chi connectivity index (χ1) is 18.7. The number of amides is 1. The summed E-state index contributed by atoms with van der Waals surface area (Å²) >= 11 is 6.22. The number of hydrogen-bond donors (Lipinski definition) is 4. The fourth-order valence-electron chi connectivity index (χ4n) is 5.80. The van der Waals surface area contributed by atoms with Gasteiger partial charge in [0.25, 0.3) is 5.91 Å². The first kappa shape index (κ1) is 30.4. The summed E-state index contributed by atoms with van der Waals surface area (Å²) in [6.45, 7) is 1.38. The SMILES string of the molecule is CC(O)C(O)CCC(=O)C1(O)C2CC[C@H]1CC(S(=O)(=O)c1cc(C(=O)Nc3cc(F)c(F)c(F)c3)ccc1Cl)C2. The van der Waals surface area contributed by atoms with Crippen LogP contribution in [0.2, 0.25) is 5.02 Å². The predicted molar refractivity (Wildman–Crippen MR) is 139 cm³/mol. The Hall–Kier alpha value is -2.51. The molecule has 6 atom stereocenters. The van der Waals surface area contributed by atoms with E-state index < -0.39 is 73.9 Å². The maximum Gasteiger partial charge on any atom is 0.255 e. The number of sulfone groups is 1. The van der Waals surface area contributed by atoms with E-state index in [4.69, 9.17) is 11.6 Å². The van der Waals surface area contributed by atoms with Crippen molar-refractivity contribution in [3.8, 4) is 0 Å². The van der Waals surface area contributed by atoms with Crippen molar-refractivity contribution >= 4 is 38.8 Å². The molecule has 0 radical (unpaired) electrons. The largest absolute Gasteiger partial charge is 0.391 e. The van der Waals surface area contributed by atoms with Gasteiger partial charge >= 0.3 is 0 Å². The summed E-state index contributed by atoms with van der Waals surface area (Å²) < 4.78 is 67.6. The lowest BCUT2D eigenvalue weighted by Crippen LogP contribution is -2.53. The van der Waals surface area contributed by atoms with Crippen LogP contribution in [0.3, 0.4) is 0 Å². The lowest BCUT2D eigenvalue weighted by molar-refractivity contribution is -0.150. The average molecular weight is 604 g/mol. The Morgan fingerprint density at radius 1 is 1.07 bits per heavy atom. The molecule has 2 bridgehead atoms. The highest BCUT2D eigenvalue weighted by atomic mass is 35.5. The lowest BCUT2D eigenvalue weighted by Gasteiger charge is -2.41. The van der Waals surface area contributed by atoms with Gasteiger partial charge in [0.05, 0.1) is 27.4 Å². The molecule has 2 aromatic carbocycles. The summed E-state index contributed by atoms with van der Waals surface area (Å²) in [4.78, 5) is 25.4. The average Bonchev–Trinajstić information content (AvgIpc) is 3.05. The maximum absolute atomic E-state index is 13.7. The van der Waals surface area contributed by atoms with Crippen LogP contribution >= 0.6 is 11.6 Å². The number of rotatable bonds is 9. The molecule has 2 saturated carbocycles. The zero-order valence-electron chi connectivity index (χ0n) is 21.4. The minimum absolute atomic E-state index is 0.0269. The van der Waals surface area contributed by atoms with Gasteiger partial charge in [0.15, 0.2) is 33.1 Å². The Kier molecular flexibility index (Phi) is 8.68. The van der Waals surface area contributed by atoms with Crippen molar-refractivity contribution in [1.29, 1.82) is 0 Å². The van der Waals surface area contributed by atoms with Gasteiger partial charge < -0.3 is 20.6 Å². The molecule has 1 amide bonds. The maximum atomic E-state index is 13.7. The first-order valence-electron chi connectivity index (χ1n) is 12.8. The van der Waals surface area contributed by atoms with Crippen molar-refractivity contribution in [2.24, 2.45) is 11.8 Å². The summed E-state index contributed by atoms with van der Waals surface area (Å²) in [5, 5.41) is 31.7. The summed E-state index contributed by atoms with van der Waals surface area (Å²) in [7, 11) is -4.16. The molecular weight excluding hydrogens is 575 g/mol. The molecule has 8 nitrogen and oxygen atoms in total. The number of fused-ring (bicyclic) bond motifs is 2. The zero-order chi connectivity index (χ0) is 29.6. The summed E-state index contributed by atoms with van der Waals surface area (Å²) in [5.74, 6) is -7.43. The van der Waals surface area contributed by atoms with E-state index in [1.807, 2.05) is 0 Å². The van der Waals surface area contributed by atoms with Crippen LogP contribution in [0.1, 0.15) is 55.8 Å². The van der Waals surface area contributed by atoms with E-state index in [9.17, 15) is 46.5 Å². The van der Waals surface area contributed by atoms with Crippen LogP contribution in [0, 0.1) is 29.3 Å². The molecule has 2 aliphatic carbocycles. The highest BCUT2D eigenvalue weighted by Gasteiger charge is 2.59. The van der Waals surface area contributed by atoms with Crippen molar-refractivity contribution in [3.63, 3.8) is 0 Å². The first-order valence-corrected chi connectivity index (χ1v) is 14.7. The Labute approximate surface area is 234 Å². The second kappa shape index (κ2) is 11.4. The van der Waals surface area contributed by atoms with Gasteiger partial charge in [-0.3, -0.25) is 9.59 Å². The van der Waals surface area contributed by atoms with Crippen molar-refractivity contribution < 1.29 is 46.5 Å². The second-order valence-corrected chi connectivity index (χ2v) is 13.2. The van der Waals surface area contributed by atoms with E-state index in [1.165, 1.54) is 19.1 Å². The van der Waals surface area contributed by atoms with Crippen LogP contribution in [-0.4, -0.2) is 58.5 Å². The lowest BCUT2D eigenvalue weighted by atomic mass is 9.71. The van der Waals surface area contributed by atoms with Crippen molar-refractivity contribution in [3.05, 3.63) is 58.4 Å². The third kappa shape index (κ3) is 5.64. The van der Waals surface area contributed by atoms with Gasteiger partial charge in [0.2, 0.25) is 0 Å². The fourth-order valence-corrected chi connectivity index (χ4v) is 8.21. The molecule has 2 aromatic rings. The number of benzene rings is 2. The highest BCUT2D eigenvalue weighted by Crippen LogP contribution is 2.53. The number of carbonyl (C=O) groups is 2. The summed E-state index contributed by atoms with van der Waals surface area (Å²) in [6, 6.07) is 4.61. The van der Waals surface area contributed by atoms with Crippen LogP contribution in [-0.2, 0) is 14.6 Å². The molecule has 218 valence electrons. The van der Waals surface area contributed by atoms with Gasteiger partial charge in [-0.15, -0.1) is 0 Å². The molecule has 4 N–H and O–H groups in total. The number of aliphatic hydroxyl groups excluding tert-OH is 2. The quantitative estimate of drug-likeness (QED) is 0.320. The van der Waals surface area contributed by atoms with E-state index in [-0.39, 0.29) is 46.9 Å². The molecule has 0 spiro atoms. The van der Waals surface area contributed by atoms with Crippen LogP contribution in [0.5, 0.6) is 0 Å². The second-order valence-electron chi connectivity index (χ2n) is 10.6. The molecule has 4 rings (SSSR count). The van der Waals surface area contributed by atoms with Gasteiger partial charge in [-0.05, 0) is 69.1 Å². The minimum Gasteiger partial charge on any atom is -0.391 e. The van der Waals surface area contributed by atoms with E-state index in [1.54, 1.807) is 0 Å². The van der Waals surface area contributed by atoms with Gasteiger partial charge in [0, 0.05) is 29.8 Å². The topological polar surface area (TPSA) is 141 Å². The van der Waals surface area contributed by atoms with Crippen molar-refractivity contribution in [2.75, 3.05) is 5.32 Å². The molecule has 0 saturated heterocycles. The molecule has 2 aliphatic rings. The van der Waals surface area contributed by atoms with Gasteiger partial charge in [-0.25, -0.2) is 21.6 Å². The van der Waals surface area contributed by atoms with E-state index in [0.717, 1.165) is 6.07 Å². The zero-order valence-corrected chi connectivity index (χ0v) is 23.0. The predicted octanol–water partition coefficient (Wildman–Crippen LogP) is 3.79.